The third-order valence-corrected chi connectivity index (χ3v) is 9.09. The van der Waals surface area contributed by atoms with E-state index in [1.54, 1.807) is 0 Å². The Balaban J connectivity index is 1.81. The third kappa shape index (κ3) is 2.24. The second kappa shape index (κ2) is 5.62. The summed E-state index contributed by atoms with van der Waals surface area (Å²) in [5.74, 6) is 0.423. The molecular weight excluding hydrogens is 387 g/mol. The smallest absolute Gasteiger partial charge is 0.169 e. The lowest BCUT2D eigenvalue weighted by atomic mass is 9.46. The van der Waals surface area contributed by atoms with Crippen LogP contribution in [-0.2, 0) is 4.79 Å². The second-order valence-electron chi connectivity index (χ2n) is 9.50. The summed E-state index contributed by atoms with van der Waals surface area (Å²) in [4.78, 5) is 12.1. The number of aliphatic hydroxyl groups is 2. The largest absolute Gasteiger partial charge is 0.393 e. The van der Waals surface area contributed by atoms with Gasteiger partial charge in [-0.1, -0.05) is 20.8 Å². The minimum absolute atomic E-state index is 0.0198. The van der Waals surface area contributed by atoms with Gasteiger partial charge in [-0.3, -0.25) is 4.79 Å². The Hall–Kier alpha value is -0.260. The van der Waals surface area contributed by atoms with Gasteiger partial charge in [0.1, 0.15) is 6.17 Å². The first-order valence-electron chi connectivity index (χ1n) is 9.55. The van der Waals surface area contributed by atoms with Gasteiger partial charge < -0.3 is 10.2 Å². The summed E-state index contributed by atoms with van der Waals surface area (Å²) >= 11 is 3.36. The van der Waals surface area contributed by atoms with Crippen LogP contribution in [0.1, 0.15) is 52.9 Å². The second-order valence-corrected chi connectivity index (χ2v) is 10.3. The maximum absolute atomic E-state index is 15.3. The molecule has 2 N–H and O–H groups in total. The number of aliphatic hydroxyl groups excluding tert-OH is 2. The Morgan fingerprint density at radius 1 is 1.24 bits per heavy atom. The van der Waals surface area contributed by atoms with Crippen LogP contribution in [0.4, 0.5) is 4.39 Å². The number of rotatable bonds is 0. The third-order valence-electron chi connectivity index (χ3n) is 8.23. The molecule has 0 aromatic carbocycles. The van der Waals surface area contributed by atoms with Crippen LogP contribution in [0.5, 0.6) is 0 Å². The maximum atomic E-state index is 15.3. The lowest BCUT2D eigenvalue weighted by Gasteiger charge is -2.60. The molecule has 0 aromatic rings. The van der Waals surface area contributed by atoms with Crippen molar-refractivity contribution in [1.82, 2.24) is 0 Å². The van der Waals surface area contributed by atoms with E-state index in [2.05, 4.69) is 29.8 Å². The first-order valence-corrected chi connectivity index (χ1v) is 10.3. The Bertz CT molecular complexity index is 649. The van der Waals surface area contributed by atoms with Gasteiger partial charge in [0.2, 0.25) is 0 Å². The SMILES string of the molecule is C[C@@H]1C[C@H]2[C@@H]3C[C@H](F)C4=C(Br)C(=O)CC[C@]4(C)[C@H]3[C@@H](O)C[C@]2(C)[C@@H]1O. The lowest BCUT2D eigenvalue weighted by molar-refractivity contribution is -0.150. The highest BCUT2D eigenvalue weighted by molar-refractivity contribution is 9.12. The number of hydrogen-bond acceptors (Lipinski definition) is 3. The number of carbonyl (C=O) groups excluding carboxylic acids is 1. The van der Waals surface area contributed by atoms with Crippen LogP contribution in [-0.4, -0.2) is 34.4 Å². The number of halogens is 2. The van der Waals surface area contributed by atoms with Crippen LogP contribution < -0.4 is 0 Å². The molecule has 0 unspecified atom stereocenters. The van der Waals surface area contributed by atoms with Crippen molar-refractivity contribution in [2.24, 2.45) is 34.5 Å². The topological polar surface area (TPSA) is 57.5 Å². The summed E-state index contributed by atoms with van der Waals surface area (Å²) in [5, 5.41) is 21.8. The predicted octanol–water partition coefficient (Wildman–Crippen LogP) is 3.77. The highest BCUT2D eigenvalue weighted by atomic mass is 79.9. The van der Waals surface area contributed by atoms with E-state index < -0.39 is 23.8 Å². The van der Waals surface area contributed by atoms with Crippen molar-refractivity contribution in [3.05, 3.63) is 10.1 Å². The summed E-state index contributed by atoms with van der Waals surface area (Å²) in [6.07, 6.45) is 0.689. The molecule has 0 aliphatic heterocycles. The van der Waals surface area contributed by atoms with Gasteiger partial charge in [-0.25, -0.2) is 4.39 Å². The molecule has 0 saturated heterocycles. The van der Waals surface area contributed by atoms with Gasteiger partial charge in [-0.05, 0) is 81.7 Å². The zero-order chi connectivity index (χ0) is 18.3. The molecule has 0 bridgehead atoms. The minimum atomic E-state index is -1.15. The molecule has 140 valence electrons. The van der Waals surface area contributed by atoms with E-state index in [9.17, 15) is 15.0 Å². The van der Waals surface area contributed by atoms with Gasteiger partial charge in [0, 0.05) is 6.42 Å². The highest BCUT2D eigenvalue weighted by Crippen LogP contribution is 2.67. The van der Waals surface area contributed by atoms with Crippen LogP contribution >= 0.6 is 15.9 Å². The molecule has 9 atom stereocenters. The summed E-state index contributed by atoms with van der Waals surface area (Å²) in [5.41, 5.74) is -0.231. The van der Waals surface area contributed by atoms with E-state index in [1.807, 2.05) is 6.92 Å². The average molecular weight is 415 g/mol. The van der Waals surface area contributed by atoms with Crippen molar-refractivity contribution >= 4 is 21.7 Å². The molecule has 3 saturated carbocycles. The Labute approximate surface area is 157 Å². The van der Waals surface area contributed by atoms with Crippen molar-refractivity contribution in [1.29, 1.82) is 0 Å². The van der Waals surface area contributed by atoms with Crippen molar-refractivity contribution in [3.8, 4) is 0 Å². The molecule has 0 amide bonds. The van der Waals surface area contributed by atoms with Crippen molar-refractivity contribution < 1.29 is 19.4 Å². The maximum Gasteiger partial charge on any atom is 0.169 e. The fraction of sp³-hybridized carbons (Fsp3) is 0.850. The van der Waals surface area contributed by atoms with E-state index in [1.165, 1.54) is 0 Å². The van der Waals surface area contributed by atoms with Gasteiger partial charge in [0.25, 0.3) is 0 Å². The van der Waals surface area contributed by atoms with Crippen molar-refractivity contribution in [2.75, 3.05) is 0 Å². The highest BCUT2D eigenvalue weighted by Gasteiger charge is 2.65. The number of fused-ring (bicyclic) bond motifs is 5. The molecule has 4 aliphatic carbocycles. The van der Waals surface area contributed by atoms with E-state index in [0.29, 0.717) is 35.7 Å². The number of alkyl halides is 1. The van der Waals surface area contributed by atoms with Gasteiger partial charge in [-0.2, -0.15) is 0 Å². The molecule has 4 aliphatic rings. The number of ketones is 1. The van der Waals surface area contributed by atoms with Gasteiger partial charge >= 0.3 is 0 Å². The fourth-order valence-corrected chi connectivity index (χ4v) is 8.04. The van der Waals surface area contributed by atoms with Crippen molar-refractivity contribution in [2.45, 2.75) is 71.3 Å². The van der Waals surface area contributed by atoms with Crippen LogP contribution in [0.2, 0.25) is 0 Å². The fourth-order valence-electron chi connectivity index (χ4n) is 7.14. The van der Waals surface area contributed by atoms with Gasteiger partial charge in [0.05, 0.1) is 16.7 Å². The number of hydrogen-bond donors (Lipinski definition) is 2. The van der Waals surface area contributed by atoms with E-state index in [0.717, 1.165) is 6.42 Å². The Kier molecular flexibility index (Phi) is 4.07. The lowest BCUT2D eigenvalue weighted by Crippen LogP contribution is -2.59. The summed E-state index contributed by atoms with van der Waals surface area (Å²) in [6, 6.07) is 0. The number of carbonyl (C=O) groups is 1. The van der Waals surface area contributed by atoms with Gasteiger partial charge in [0.15, 0.2) is 5.78 Å². The molecule has 25 heavy (non-hydrogen) atoms. The molecule has 4 rings (SSSR count). The quantitative estimate of drug-likeness (QED) is 0.634. The van der Waals surface area contributed by atoms with E-state index >= 15 is 4.39 Å². The molecule has 3 nitrogen and oxygen atoms in total. The molecule has 0 aromatic heterocycles. The molecule has 0 spiro atoms. The molecule has 0 radical (unpaired) electrons. The first kappa shape index (κ1) is 18.1. The van der Waals surface area contributed by atoms with Crippen molar-refractivity contribution in [3.63, 3.8) is 0 Å². The van der Waals surface area contributed by atoms with Crippen LogP contribution in [0.3, 0.4) is 0 Å². The minimum Gasteiger partial charge on any atom is -0.393 e. The summed E-state index contributed by atoms with van der Waals surface area (Å²) < 4.78 is 15.7. The van der Waals surface area contributed by atoms with Crippen LogP contribution in [0.15, 0.2) is 10.1 Å². The molecule has 3 fully saturated rings. The first-order chi connectivity index (χ1) is 11.6. The Morgan fingerprint density at radius 3 is 2.60 bits per heavy atom. The molecule has 5 heteroatoms. The summed E-state index contributed by atoms with van der Waals surface area (Å²) in [6.45, 7) is 6.18. The normalized spacial score (nSPS) is 55.6. The van der Waals surface area contributed by atoms with E-state index in [4.69, 9.17) is 0 Å². The molecule has 0 heterocycles. The zero-order valence-electron chi connectivity index (χ0n) is 15.1. The summed E-state index contributed by atoms with van der Waals surface area (Å²) in [7, 11) is 0. The molecular formula is C20H28BrFO3. The average Bonchev–Trinajstić information content (AvgIpc) is 2.75. The monoisotopic (exact) mass is 414 g/mol. The van der Waals surface area contributed by atoms with Crippen LogP contribution in [0.25, 0.3) is 0 Å². The zero-order valence-corrected chi connectivity index (χ0v) is 16.7. The Morgan fingerprint density at radius 2 is 1.92 bits per heavy atom. The predicted molar refractivity (Wildman–Crippen MR) is 96.8 cm³/mol. The van der Waals surface area contributed by atoms with Crippen LogP contribution in [0, 0.1) is 34.5 Å². The number of allylic oxidation sites excluding steroid dienone is 1. The van der Waals surface area contributed by atoms with Gasteiger partial charge in [-0.15, -0.1) is 0 Å². The van der Waals surface area contributed by atoms with E-state index in [-0.39, 0.29) is 34.9 Å². The standard InChI is InChI=1S/C20H28BrFO3/c1-9-6-11-10-7-12(22)16-17(21)13(23)4-5-19(16,2)15(10)14(24)8-20(11,3)18(9)25/h9-12,14-15,18,24-25H,4-8H2,1-3H3/t9-,10+,11+,12+,14+,15-,18-,19-,20+/m1/s1. The number of Topliss-reactive ketones (excluding diaryl/α,β-unsaturated/α-hetero) is 1.